The maximum absolute atomic E-state index is 13.6. The highest BCUT2D eigenvalue weighted by Gasteiger charge is 2.36. The van der Waals surface area contributed by atoms with E-state index in [2.05, 4.69) is 14.9 Å². The third-order valence-corrected chi connectivity index (χ3v) is 5.96. The second-order valence-electron chi connectivity index (χ2n) is 9.58. The second-order valence-corrected chi connectivity index (χ2v) is 9.58. The molecule has 1 aromatic heterocycles. The number of rotatable bonds is 6. The van der Waals surface area contributed by atoms with E-state index in [0.29, 0.717) is 30.8 Å². The summed E-state index contributed by atoms with van der Waals surface area (Å²) in [6.07, 6.45) is -1.58. The van der Waals surface area contributed by atoms with Crippen molar-refractivity contribution in [2.24, 2.45) is 0 Å². The van der Waals surface area contributed by atoms with Gasteiger partial charge in [-0.15, -0.1) is 0 Å². The third kappa shape index (κ3) is 5.87. The Morgan fingerprint density at radius 1 is 1.09 bits per heavy atom. The monoisotopic (exact) mass is 473 g/mol. The minimum atomic E-state index is -4.43. The summed E-state index contributed by atoms with van der Waals surface area (Å²) in [5.74, 6) is 0.828. The van der Waals surface area contributed by atoms with Crippen molar-refractivity contribution in [2.45, 2.75) is 57.8 Å². The Morgan fingerprint density at radius 2 is 1.82 bits per heavy atom. The van der Waals surface area contributed by atoms with Gasteiger partial charge in [0.15, 0.2) is 6.29 Å². The van der Waals surface area contributed by atoms with Crippen LogP contribution in [0.2, 0.25) is 0 Å². The molecule has 3 aromatic rings. The smallest absolute Gasteiger partial charge is 0.349 e. The number of H-pyrrole nitrogens is 1. The molecule has 0 saturated carbocycles. The second kappa shape index (κ2) is 9.90. The molecule has 0 radical (unpaired) electrons. The lowest BCUT2D eigenvalue weighted by Crippen LogP contribution is -2.46. The summed E-state index contributed by atoms with van der Waals surface area (Å²) in [5.41, 5.74) is 1.01. The highest BCUT2D eigenvalue weighted by molar-refractivity contribution is 5.35. The lowest BCUT2D eigenvalue weighted by Gasteiger charge is -2.40. The Hall–Kier alpha value is -2.68. The normalized spacial score (nSPS) is 19.9. The summed E-state index contributed by atoms with van der Waals surface area (Å²) >= 11 is 0. The van der Waals surface area contributed by atoms with E-state index >= 15 is 0 Å². The van der Waals surface area contributed by atoms with E-state index in [4.69, 9.17) is 9.47 Å². The number of nitrogens with zero attached hydrogens (tertiary/aromatic N) is 2. The summed E-state index contributed by atoms with van der Waals surface area (Å²) in [5, 5.41) is 0. The molecular weight excluding hydrogens is 443 g/mol. The molecule has 2 aromatic carbocycles. The molecule has 2 atom stereocenters. The fourth-order valence-corrected chi connectivity index (χ4v) is 4.15. The van der Waals surface area contributed by atoms with Crippen LogP contribution in [0.25, 0.3) is 0 Å². The molecule has 0 amide bonds. The summed E-state index contributed by atoms with van der Waals surface area (Å²) in [6.45, 7) is 7.41. The first kappa shape index (κ1) is 24.4. The minimum Gasteiger partial charge on any atom is -0.349 e. The van der Waals surface area contributed by atoms with Gasteiger partial charge in [0.2, 0.25) is 0 Å². The number of morpholine rings is 1. The quantitative estimate of drug-likeness (QED) is 0.489. The average molecular weight is 474 g/mol. The molecule has 0 bridgehead atoms. The first-order valence-corrected chi connectivity index (χ1v) is 11.3. The van der Waals surface area contributed by atoms with E-state index in [9.17, 15) is 13.2 Å². The molecule has 1 aliphatic heterocycles. The fraction of sp³-hybridized carbons (Fsp3) is 0.423. The van der Waals surface area contributed by atoms with Crippen LogP contribution in [-0.2, 0) is 34.2 Å². The van der Waals surface area contributed by atoms with E-state index in [-0.39, 0.29) is 12.6 Å². The minimum absolute atomic E-state index is 0.00952. The number of ether oxygens (including phenoxy) is 2. The zero-order valence-electron chi connectivity index (χ0n) is 19.6. The highest BCUT2D eigenvalue weighted by Crippen LogP contribution is 2.35. The van der Waals surface area contributed by atoms with Crippen molar-refractivity contribution in [3.63, 3.8) is 0 Å². The molecule has 182 valence electrons. The Bertz CT molecular complexity index is 1030. The molecule has 8 heteroatoms. The average Bonchev–Trinajstić information content (AvgIpc) is 3.30. The zero-order chi connectivity index (χ0) is 24.3. The summed E-state index contributed by atoms with van der Waals surface area (Å²) in [7, 11) is 0. The van der Waals surface area contributed by atoms with Gasteiger partial charge in [-0.25, -0.2) is 4.98 Å². The van der Waals surface area contributed by atoms with Crippen LogP contribution in [-0.4, -0.2) is 34.3 Å². The largest absolute Gasteiger partial charge is 0.416 e. The van der Waals surface area contributed by atoms with Crippen molar-refractivity contribution in [3.05, 3.63) is 89.0 Å². The van der Waals surface area contributed by atoms with Gasteiger partial charge in [0.05, 0.1) is 31.4 Å². The molecule has 1 aliphatic rings. The van der Waals surface area contributed by atoms with Crippen molar-refractivity contribution >= 4 is 0 Å². The van der Waals surface area contributed by atoms with Gasteiger partial charge in [-0.3, -0.25) is 4.90 Å². The number of imidazole rings is 1. The Morgan fingerprint density at radius 3 is 2.47 bits per heavy atom. The molecule has 1 fully saturated rings. The number of hydrogen-bond acceptors (Lipinski definition) is 4. The van der Waals surface area contributed by atoms with Gasteiger partial charge in [0, 0.05) is 18.9 Å². The standard InChI is InChI=1S/C26H30F3N3O2/c1-25(2,3)20-13-18(14-21(15-20)26(27,28)29)17-34-24-23(19-7-5-4-6-8-19)32(11-12-33-24)16-22-30-9-10-31-22/h4-10,13-15,23-24H,11-12,16-17H2,1-3H3,(H,30,31). The van der Waals surface area contributed by atoms with Gasteiger partial charge in [0.25, 0.3) is 0 Å². The number of benzene rings is 2. The summed E-state index contributed by atoms with van der Waals surface area (Å²) in [4.78, 5) is 9.68. The molecule has 0 spiro atoms. The van der Waals surface area contributed by atoms with Gasteiger partial charge in [-0.1, -0.05) is 57.2 Å². The first-order chi connectivity index (χ1) is 16.1. The molecule has 5 nitrogen and oxygen atoms in total. The molecule has 2 heterocycles. The predicted octanol–water partition coefficient (Wildman–Crippen LogP) is 5.84. The molecule has 34 heavy (non-hydrogen) atoms. The first-order valence-electron chi connectivity index (χ1n) is 11.3. The lowest BCUT2D eigenvalue weighted by atomic mass is 9.85. The van der Waals surface area contributed by atoms with Gasteiger partial charge in [-0.05, 0) is 34.2 Å². The van der Waals surface area contributed by atoms with E-state index in [1.165, 1.54) is 6.07 Å². The molecule has 2 unspecified atom stereocenters. The van der Waals surface area contributed by atoms with Crippen LogP contribution in [0.1, 0.15) is 54.9 Å². The fourth-order valence-electron chi connectivity index (χ4n) is 4.15. The van der Waals surface area contributed by atoms with Gasteiger partial charge >= 0.3 is 6.18 Å². The number of halogens is 3. The van der Waals surface area contributed by atoms with Crippen LogP contribution in [0, 0.1) is 0 Å². The number of hydrogen-bond donors (Lipinski definition) is 1. The molecule has 0 aliphatic carbocycles. The number of alkyl halides is 3. The van der Waals surface area contributed by atoms with Crippen molar-refractivity contribution in [3.8, 4) is 0 Å². The molecule has 1 saturated heterocycles. The van der Waals surface area contributed by atoms with Crippen molar-refractivity contribution in [2.75, 3.05) is 13.2 Å². The third-order valence-electron chi connectivity index (χ3n) is 5.96. The highest BCUT2D eigenvalue weighted by atomic mass is 19.4. The van der Waals surface area contributed by atoms with Crippen LogP contribution in [0.15, 0.2) is 60.9 Å². The Balaban J connectivity index is 1.59. The van der Waals surface area contributed by atoms with E-state index in [1.54, 1.807) is 18.5 Å². The van der Waals surface area contributed by atoms with Crippen LogP contribution in [0.5, 0.6) is 0 Å². The molecule has 4 rings (SSSR count). The van der Waals surface area contributed by atoms with Crippen LogP contribution in [0.3, 0.4) is 0 Å². The van der Waals surface area contributed by atoms with Crippen LogP contribution >= 0.6 is 0 Å². The SMILES string of the molecule is CC(C)(C)c1cc(COC2OCCN(Cc3ncc[nH]3)C2c2ccccc2)cc(C(F)(F)F)c1. The summed E-state index contributed by atoms with van der Waals surface area (Å²) in [6, 6.07) is 13.8. The van der Waals surface area contributed by atoms with Crippen LogP contribution < -0.4 is 0 Å². The van der Waals surface area contributed by atoms with Crippen molar-refractivity contribution in [1.29, 1.82) is 0 Å². The van der Waals surface area contributed by atoms with Crippen LogP contribution in [0.4, 0.5) is 13.2 Å². The molecule has 1 N–H and O–H groups in total. The van der Waals surface area contributed by atoms with E-state index in [0.717, 1.165) is 17.5 Å². The van der Waals surface area contributed by atoms with Crippen molar-refractivity contribution in [1.82, 2.24) is 14.9 Å². The van der Waals surface area contributed by atoms with E-state index in [1.807, 2.05) is 51.1 Å². The topological polar surface area (TPSA) is 50.4 Å². The number of aromatic nitrogens is 2. The molecular formula is C26H30F3N3O2. The van der Waals surface area contributed by atoms with Gasteiger partial charge in [0.1, 0.15) is 5.82 Å². The van der Waals surface area contributed by atoms with E-state index < -0.39 is 23.4 Å². The van der Waals surface area contributed by atoms with Gasteiger partial charge < -0.3 is 14.5 Å². The Kier molecular flexibility index (Phi) is 7.12. The maximum Gasteiger partial charge on any atom is 0.416 e. The van der Waals surface area contributed by atoms with Gasteiger partial charge in [-0.2, -0.15) is 13.2 Å². The lowest BCUT2D eigenvalue weighted by molar-refractivity contribution is -0.218. The maximum atomic E-state index is 13.6. The van der Waals surface area contributed by atoms with Crippen molar-refractivity contribution < 1.29 is 22.6 Å². The Labute approximate surface area is 197 Å². The number of nitrogens with one attached hydrogen (secondary N) is 1. The number of aromatic amines is 1. The summed E-state index contributed by atoms with van der Waals surface area (Å²) < 4.78 is 52.8. The predicted molar refractivity (Wildman–Crippen MR) is 123 cm³/mol. The zero-order valence-corrected chi connectivity index (χ0v) is 19.6.